The molecule has 0 fully saturated rings. The molecule has 0 aromatic rings. The molecule has 70 valence electrons. The van der Waals surface area contributed by atoms with Gasteiger partial charge in [-0.05, 0) is 6.92 Å². The summed E-state index contributed by atoms with van der Waals surface area (Å²) in [6.07, 6.45) is 0.974. The first-order valence-corrected chi connectivity index (χ1v) is 4.14. The number of hydrogen-bond acceptors (Lipinski definition) is 3. The van der Waals surface area contributed by atoms with Gasteiger partial charge in [-0.25, -0.2) is 0 Å². The average Bonchev–Trinajstić information content (AvgIpc) is 2.02. The monoisotopic (exact) mass is 172 g/mol. The van der Waals surface area contributed by atoms with Gasteiger partial charge in [0, 0.05) is 26.4 Å². The maximum absolute atomic E-state index is 11.0. The first-order chi connectivity index (χ1) is 5.60. The van der Waals surface area contributed by atoms with Crippen LogP contribution in [0.4, 0.5) is 0 Å². The highest BCUT2D eigenvalue weighted by Crippen LogP contribution is 2.05. The number of Topliss-reactive ketones (excluding diaryl/α,β-unsaturated/α-hetero) is 2. The summed E-state index contributed by atoms with van der Waals surface area (Å²) < 4.78 is 4.99. The zero-order valence-corrected chi connectivity index (χ0v) is 7.92. The van der Waals surface area contributed by atoms with Gasteiger partial charge in [0.2, 0.25) is 0 Å². The summed E-state index contributed by atoms with van der Waals surface area (Å²) in [6.45, 7) is 3.31. The van der Waals surface area contributed by atoms with Crippen molar-refractivity contribution in [1.82, 2.24) is 0 Å². The number of methoxy groups -OCH3 is 1. The molecule has 0 aliphatic carbocycles. The predicted octanol–water partition coefficient (Wildman–Crippen LogP) is 1.35. The van der Waals surface area contributed by atoms with Gasteiger partial charge in [-0.15, -0.1) is 0 Å². The smallest absolute Gasteiger partial charge is 0.135 e. The van der Waals surface area contributed by atoms with Crippen molar-refractivity contribution in [3.63, 3.8) is 0 Å². The summed E-state index contributed by atoms with van der Waals surface area (Å²) in [5.41, 5.74) is 0. The first-order valence-electron chi connectivity index (χ1n) is 4.14. The third-order valence-corrected chi connectivity index (χ3v) is 1.70. The highest BCUT2D eigenvalue weighted by Gasteiger charge is 2.13. The van der Waals surface area contributed by atoms with Crippen LogP contribution >= 0.6 is 0 Å². The molecular weight excluding hydrogens is 156 g/mol. The third-order valence-electron chi connectivity index (χ3n) is 1.70. The lowest BCUT2D eigenvalue weighted by Crippen LogP contribution is -2.18. The van der Waals surface area contributed by atoms with Gasteiger partial charge >= 0.3 is 0 Å². The molecule has 0 saturated carbocycles. The van der Waals surface area contributed by atoms with Gasteiger partial charge in [-0.3, -0.25) is 9.59 Å². The highest BCUT2D eigenvalue weighted by molar-refractivity contribution is 5.80. The van der Waals surface area contributed by atoms with E-state index in [-0.39, 0.29) is 17.7 Å². The second-order valence-corrected chi connectivity index (χ2v) is 2.86. The summed E-state index contributed by atoms with van der Waals surface area (Å²) in [5.74, 6) is 0.203. The van der Waals surface area contributed by atoms with Crippen molar-refractivity contribution in [2.45, 2.75) is 39.2 Å². The van der Waals surface area contributed by atoms with Crippen molar-refractivity contribution in [1.29, 1.82) is 0 Å². The SMILES string of the molecule is CCC(=O)CC(CC(C)=O)OC. The number of carbonyl (C=O) groups excluding carboxylic acids is 2. The Morgan fingerprint density at radius 2 is 1.92 bits per heavy atom. The van der Waals surface area contributed by atoms with Gasteiger partial charge in [0.15, 0.2) is 0 Å². The topological polar surface area (TPSA) is 43.4 Å². The molecule has 0 aromatic carbocycles. The Morgan fingerprint density at radius 1 is 1.33 bits per heavy atom. The maximum atomic E-state index is 11.0. The summed E-state index contributed by atoms with van der Waals surface area (Å²) in [7, 11) is 1.52. The van der Waals surface area contributed by atoms with Gasteiger partial charge in [0.1, 0.15) is 11.6 Å². The minimum Gasteiger partial charge on any atom is -0.381 e. The quantitative estimate of drug-likeness (QED) is 0.607. The largest absolute Gasteiger partial charge is 0.381 e. The van der Waals surface area contributed by atoms with E-state index < -0.39 is 0 Å². The number of carbonyl (C=O) groups is 2. The number of rotatable bonds is 6. The maximum Gasteiger partial charge on any atom is 0.135 e. The Balaban J connectivity index is 3.82. The molecule has 0 spiro atoms. The lowest BCUT2D eigenvalue weighted by molar-refractivity contribution is -0.123. The van der Waals surface area contributed by atoms with E-state index in [0.717, 1.165) is 0 Å². The first kappa shape index (κ1) is 11.3. The zero-order chi connectivity index (χ0) is 9.56. The van der Waals surface area contributed by atoms with Crippen molar-refractivity contribution in [3.8, 4) is 0 Å². The average molecular weight is 172 g/mol. The molecule has 0 saturated heterocycles. The third kappa shape index (κ3) is 5.02. The van der Waals surface area contributed by atoms with E-state index in [1.807, 2.05) is 6.92 Å². The van der Waals surface area contributed by atoms with Gasteiger partial charge < -0.3 is 4.74 Å². The van der Waals surface area contributed by atoms with Crippen LogP contribution in [0.2, 0.25) is 0 Å². The van der Waals surface area contributed by atoms with Gasteiger partial charge in [-0.2, -0.15) is 0 Å². The molecule has 3 heteroatoms. The van der Waals surface area contributed by atoms with Gasteiger partial charge in [0.25, 0.3) is 0 Å². The molecule has 12 heavy (non-hydrogen) atoms. The van der Waals surface area contributed by atoms with E-state index in [4.69, 9.17) is 4.74 Å². The van der Waals surface area contributed by atoms with Crippen LogP contribution in [0, 0.1) is 0 Å². The van der Waals surface area contributed by atoms with E-state index in [9.17, 15) is 9.59 Å². The Bertz CT molecular complexity index is 163. The van der Waals surface area contributed by atoms with E-state index in [1.54, 1.807) is 0 Å². The van der Waals surface area contributed by atoms with Crippen LogP contribution < -0.4 is 0 Å². The van der Waals surface area contributed by atoms with Crippen molar-refractivity contribution in [3.05, 3.63) is 0 Å². The van der Waals surface area contributed by atoms with Crippen molar-refractivity contribution < 1.29 is 14.3 Å². The van der Waals surface area contributed by atoms with Crippen LogP contribution in [0.5, 0.6) is 0 Å². The van der Waals surface area contributed by atoms with Crippen LogP contribution in [0.1, 0.15) is 33.1 Å². The van der Waals surface area contributed by atoms with Gasteiger partial charge in [0.05, 0.1) is 6.10 Å². The molecule has 1 atom stereocenters. The molecule has 0 aliphatic rings. The zero-order valence-electron chi connectivity index (χ0n) is 7.92. The summed E-state index contributed by atoms with van der Waals surface area (Å²) in [4.78, 5) is 21.7. The van der Waals surface area contributed by atoms with Crippen molar-refractivity contribution in [2.24, 2.45) is 0 Å². The Labute approximate surface area is 73.1 Å². The molecule has 0 N–H and O–H groups in total. The van der Waals surface area contributed by atoms with Crippen LogP contribution in [-0.2, 0) is 14.3 Å². The van der Waals surface area contributed by atoms with Crippen LogP contribution in [0.15, 0.2) is 0 Å². The fraction of sp³-hybridized carbons (Fsp3) is 0.778. The molecule has 0 rings (SSSR count). The summed E-state index contributed by atoms with van der Waals surface area (Å²) in [6, 6.07) is 0. The lowest BCUT2D eigenvalue weighted by atomic mass is 10.1. The molecule has 0 aromatic heterocycles. The summed E-state index contributed by atoms with van der Waals surface area (Å²) in [5, 5.41) is 0. The van der Waals surface area contributed by atoms with E-state index >= 15 is 0 Å². The van der Waals surface area contributed by atoms with Crippen LogP contribution in [-0.4, -0.2) is 24.8 Å². The molecule has 0 amide bonds. The molecule has 1 unspecified atom stereocenters. The minimum absolute atomic E-state index is 0.0609. The van der Waals surface area contributed by atoms with Crippen LogP contribution in [0.3, 0.4) is 0 Å². The number of hydrogen-bond donors (Lipinski definition) is 0. The highest BCUT2D eigenvalue weighted by atomic mass is 16.5. The van der Waals surface area contributed by atoms with Crippen molar-refractivity contribution in [2.75, 3.05) is 7.11 Å². The number of ketones is 2. The molecular formula is C9H16O3. The molecule has 0 aliphatic heterocycles. The van der Waals surface area contributed by atoms with E-state index in [2.05, 4.69) is 0 Å². The Hall–Kier alpha value is -0.700. The Morgan fingerprint density at radius 3 is 2.25 bits per heavy atom. The fourth-order valence-corrected chi connectivity index (χ4v) is 0.958. The predicted molar refractivity (Wildman–Crippen MR) is 46.0 cm³/mol. The summed E-state index contributed by atoms with van der Waals surface area (Å²) >= 11 is 0. The Kier molecular flexibility index (Phi) is 5.54. The molecule has 3 nitrogen and oxygen atoms in total. The lowest BCUT2D eigenvalue weighted by Gasteiger charge is -2.11. The second kappa shape index (κ2) is 5.89. The standard InChI is InChI=1S/C9H16O3/c1-4-8(11)6-9(12-3)5-7(2)10/h9H,4-6H2,1-3H3. The molecule has 0 radical (unpaired) electrons. The fourth-order valence-electron chi connectivity index (χ4n) is 0.958. The minimum atomic E-state index is -0.227. The van der Waals surface area contributed by atoms with Crippen LogP contribution in [0.25, 0.3) is 0 Å². The van der Waals surface area contributed by atoms with E-state index in [0.29, 0.717) is 19.3 Å². The molecule has 0 bridgehead atoms. The van der Waals surface area contributed by atoms with Gasteiger partial charge in [-0.1, -0.05) is 6.92 Å². The van der Waals surface area contributed by atoms with E-state index in [1.165, 1.54) is 14.0 Å². The normalized spacial score (nSPS) is 12.6. The number of ether oxygens (including phenoxy) is 1. The molecule has 0 heterocycles. The second-order valence-electron chi connectivity index (χ2n) is 2.86. The van der Waals surface area contributed by atoms with Crippen molar-refractivity contribution >= 4 is 11.6 Å².